The number of rotatable bonds is 4. The van der Waals surface area contributed by atoms with Gasteiger partial charge in [-0.3, -0.25) is 14.2 Å². The molecule has 3 aromatic rings. The second kappa shape index (κ2) is 6.57. The SMILES string of the molecule is Cc1sc2c(=O)n(C(C)C)cnc2c1C(=O)NCc1ccccc1. The van der Waals surface area contributed by atoms with Crippen LogP contribution in [0.1, 0.15) is 40.7 Å². The van der Waals surface area contributed by atoms with Crippen molar-refractivity contribution in [1.29, 1.82) is 0 Å². The molecule has 0 aliphatic carbocycles. The standard InChI is InChI=1S/C18H19N3O2S/c1-11(2)21-10-20-15-14(12(3)24-16(15)18(21)23)17(22)19-9-13-7-5-4-6-8-13/h4-8,10-11H,9H2,1-3H3,(H,19,22). The van der Waals surface area contributed by atoms with Crippen molar-refractivity contribution in [1.82, 2.24) is 14.9 Å². The normalized spacial score (nSPS) is 11.2. The molecular formula is C18H19N3O2S. The third-order valence-corrected chi connectivity index (χ3v) is 4.96. The van der Waals surface area contributed by atoms with Crippen molar-refractivity contribution in [3.63, 3.8) is 0 Å². The zero-order valence-electron chi connectivity index (χ0n) is 13.9. The lowest BCUT2D eigenvalue weighted by atomic mass is 10.2. The van der Waals surface area contributed by atoms with Gasteiger partial charge in [-0.05, 0) is 26.3 Å². The van der Waals surface area contributed by atoms with E-state index in [4.69, 9.17) is 0 Å². The Morgan fingerprint density at radius 2 is 2.00 bits per heavy atom. The Morgan fingerprint density at radius 3 is 2.67 bits per heavy atom. The summed E-state index contributed by atoms with van der Waals surface area (Å²) < 4.78 is 2.12. The Kier molecular flexibility index (Phi) is 4.49. The predicted molar refractivity (Wildman–Crippen MR) is 96.6 cm³/mol. The zero-order valence-corrected chi connectivity index (χ0v) is 14.7. The Hall–Kier alpha value is -2.47. The van der Waals surface area contributed by atoms with Crippen LogP contribution in [0.3, 0.4) is 0 Å². The highest BCUT2D eigenvalue weighted by molar-refractivity contribution is 7.19. The molecule has 0 aliphatic rings. The number of fused-ring (bicyclic) bond motifs is 1. The first-order valence-corrected chi connectivity index (χ1v) is 8.63. The zero-order chi connectivity index (χ0) is 17.3. The Morgan fingerprint density at radius 1 is 1.29 bits per heavy atom. The molecule has 0 aliphatic heterocycles. The average molecular weight is 341 g/mol. The largest absolute Gasteiger partial charge is 0.348 e. The summed E-state index contributed by atoms with van der Waals surface area (Å²) in [5, 5.41) is 2.91. The van der Waals surface area contributed by atoms with Crippen LogP contribution in [0.25, 0.3) is 10.2 Å². The van der Waals surface area contributed by atoms with Crippen LogP contribution in [0.4, 0.5) is 0 Å². The van der Waals surface area contributed by atoms with Gasteiger partial charge in [0.15, 0.2) is 0 Å². The molecule has 0 bridgehead atoms. The quantitative estimate of drug-likeness (QED) is 0.792. The number of hydrogen-bond acceptors (Lipinski definition) is 4. The fraction of sp³-hybridized carbons (Fsp3) is 0.278. The smallest absolute Gasteiger partial charge is 0.271 e. The fourth-order valence-electron chi connectivity index (χ4n) is 2.59. The number of aryl methyl sites for hydroxylation is 1. The van der Waals surface area contributed by atoms with Gasteiger partial charge in [0, 0.05) is 17.5 Å². The summed E-state index contributed by atoms with van der Waals surface area (Å²) in [6.07, 6.45) is 1.52. The van der Waals surface area contributed by atoms with Crippen molar-refractivity contribution in [2.24, 2.45) is 0 Å². The molecule has 0 spiro atoms. The topological polar surface area (TPSA) is 64.0 Å². The van der Waals surface area contributed by atoms with Gasteiger partial charge in [-0.2, -0.15) is 0 Å². The minimum absolute atomic E-state index is 0.0344. The van der Waals surface area contributed by atoms with E-state index in [-0.39, 0.29) is 17.5 Å². The maximum atomic E-state index is 12.6. The van der Waals surface area contributed by atoms with Crippen LogP contribution in [0.15, 0.2) is 41.5 Å². The molecule has 124 valence electrons. The second-order valence-electron chi connectivity index (χ2n) is 5.93. The minimum atomic E-state index is -0.197. The van der Waals surface area contributed by atoms with Gasteiger partial charge in [0.05, 0.1) is 11.9 Å². The summed E-state index contributed by atoms with van der Waals surface area (Å²) in [4.78, 5) is 30.3. The van der Waals surface area contributed by atoms with Crippen LogP contribution in [0, 0.1) is 6.92 Å². The van der Waals surface area contributed by atoms with Gasteiger partial charge in [-0.1, -0.05) is 30.3 Å². The van der Waals surface area contributed by atoms with Crippen molar-refractivity contribution >= 4 is 27.5 Å². The summed E-state index contributed by atoms with van der Waals surface area (Å²) >= 11 is 1.33. The van der Waals surface area contributed by atoms with Crippen molar-refractivity contribution in [3.8, 4) is 0 Å². The number of thiophene rings is 1. The molecule has 0 fully saturated rings. The lowest BCUT2D eigenvalue weighted by molar-refractivity contribution is 0.0952. The summed E-state index contributed by atoms with van der Waals surface area (Å²) in [5.74, 6) is -0.197. The maximum Gasteiger partial charge on any atom is 0.271 e. The number of carbonyl (C=O) groups is 1. The summed E-state index contributed by atoms with van der Waals surface area (Å²) in [6.45, 7) is 6.16. The van der Waals surface area contributed by atoms with E-state index < -0.39 is 0 Å². The highest BCUT2D eigenvalue weighted by Gasteiger charge is 2.20. The maximum absolute atomic E-state index is 12.6. The van der Waals surface area contributed by atoms with Gasteiger partial charge in [0.2, 0.25) is 0 Å². The molecule has 0 saturated heterocycles. The molecule has 2 aromatic heterocycles. The van der Waals surface area contributed by atoms with Gasteiger partial charge < -0.3 is 5.32 Å². The molecule has 0 radical (unpaired) electrons. The molecular weight excluding hydrogens is 322 g/mol. The molecule has 0 saturated carbocycles. The van der Waals surface area contributed by atoms with Crippen molar-refractivity contribution in [2.75, 3.05) is 0 Å². The van der Waals surface area contributed by atoms with Gasteiger partial charge in [-0.15, -0.1) is 11.3 Å². The molecule has 0 atom stereocenters. The van der Waals surface area contributed by atoms with Crippen LogP contribution in [0.5, 0.6) is 0 Å². The van der Waals surface area contributed by atoms with E-state index in [1.54, 1.807) is 4.57 Å². The highest BCUT2D eigenvalue weighted by Crippen LogP contribution is 2.27. The van der Waals surface area contributed by atoms with Gasteiger partial charge >= 0.3 is 0 Å². The summed E-state index contributed by atoms with van der Waals surface area (Å²) in [5.41, 5.74) is 1.92. The van der Waals surface area contributed by atoms with E-state index in [1.165, 1.54) is 17.7 Å². The second-order valence-corrected chi connectivity index (χ2v) is 7.15. The lowest BCUT2D eigenvalue weighted by Crippen LogP contribution is -2.24. The average Bonchev–Trinajstić information content (AvgIpc) is 2.91. The number of aromatic nitrogens is 2. The Balaban J connectivity index is 1.94. The number of nitrogens with zero attached hydrogens (tertiary/aromatic N) is 2. The van der Waals surface area contributed by atoms with E-state index in [2.05, 4.69) is 10.3 Å². The minimum Gasteiger partial charge on any atom is -0.348 e. The van der Waals surface area contributed by atoms with Crippen molar-refractivity contribution in [3.05, 3.63) is 63.0 Å². The predicted octanol–water partition coefficient (Wildman–Crippen LogP) is 3.28. The van der Waals surface area contributed by atoms with E-state index in [0.717, 1.165) is 10.4 Å². The molecule has 1 amide bonds. The molecule has 1 aromatic carbocycles. The molecule has 6 heteroatoms. The lowest BCUT2D eigenvalue weighted by Gasteiger charge is -2.08. The number of hydrogen-bond donors (Lipinski definition) is 1. The third kappa shape index (κ3) is 2.97. The van der Waals surface area contributed by atoms with E-state index in [9.17, 15) is 9.59 Å². The Labute approximate surface area is 144 Å². The van der Waals surface area contributed by atoms with Crippen molar-refractivity contribution in [2.45, 2.75) is 33.4 Å². The number of nitrogens with one attached hydrogen (secondary N) is 1. The molecule has 24 heavy (non-hydrogen) atoms. The van der Waals surface area contributed by atoms with Crippen LogP contribution >= 0.6 is 11.3 Å². The first kappa shape index (κ1) is 16.4. The molecule has 0 unspecified atom stereocenters. The van der Waals surface area contributed by atoms with Gasteiger partial charge in [-0.25, -0.2) is 4.98 Å². The fourth-order valence-corrected chi connectivity index (χ4v) is 3.63. The van der Waals surface area contributed by atoms with E-state index >= 15 is 0 Å². The van der Waals surface area contributed by atoms with Crippen LogP contribution in [-0.2, 0) is 6.54 Å². The first-order chi connectivity index (χ1) is 11.5. The molecule has 5 nitrogen and oxygen atoms in total. The molecule has 3 rings (SSSR count). The van der Waals surface area contributed by atoms with Crippen LogP contribution in [-0.4, -0.2) is 15.5 Å². The van der Waals surface area contributed by atoms with Gasteiger partial charge in [0.25, 0.3) is 11.5 Å². The third-order valence-electron chi connectivity index (χ3n) is 3.88. The molecule has 1 N–H and O–H groups in total. The van der Waals surface area contributed by atoms with Crippen LogP contribution in [0.2, 0.25) is 0 Å². The Bertz CT molecular complexity index is 942. The summed E-state index contributed by atoms with van der Waals surface area (Å²) in [7, 11) is 0. The number of amides is 1. The van der Waals surface area contributed by atoms with E-state index in [1.807, 2.05) is 51.1 Å². The molecule has 2 heterocycles. The first-order valence-electron chi connectivity index (χ1n) is 7.81. The van der Waals surface area contributed by atoms with E-state index in [0.29, 0.717) is 22.3 Å². The summed E-state index contributed by atoms with van der Waals surface area (Å²) in [6, 6.07) is 9.75. The van der Waals surface area contributed by atoms with Crippen molar-refractivity contribution < 1.29 is 4.79 Å². The van der Waals surface area contributed by atoms with Gasteiger partial charge in [0.1, 0.15) is 10.2 Å². The van der Waals surface area contributed by atoms with Crippen LogP contribution < -0.4 is 10.9 Å². The number of benzene rings is 1. The number of carbonyl (C=O) groups excluding carboxylic acids is 1. The monoisotopic (exact) mass is 341 g/mol. The highest BCUT2D eigenvalue weighted by atomic mass is 32.1.